The average Bonchev–Trinajstić information content (AvgIpc) is 3.32. The number of likely N-dealkylation sites (N-methyl/N-ethyl adjacent to an activating group) is 1. The van der Waals surface area contributed by atoms with Gasteiger partial charge in [-0.05, 0) is 26.2 Å². The van der Waals surface area contributed by atoms with Gasteiger partial charge in [0.2, 0.25) is 5.91 Å². The third kappa shape index (κ3) is 5.81. The number of hydrogen-bond acceptors (Lipinski definition) is 5. The number of halogens is 1. The molecule has 28 heavy (non-hydrogen) atoms. The van der Waals surface area contributed by atoms with E-state index < -0.39 is 0 Å². The Morgan fingerprint density at radius 3 is 2.79 bits per heavy atom. The zero-order valence-corrected chi connectivity index (χ0v) is 17.5. The van der Waals surface area contributed by atoms with Gasteiger partial charge >= 0.3 is 6.03 Å². The maximum absolute atomic E-state index is 12.4. The highest BCUT2D eigenvalue weighted by molar-refractivity contribution is 5.85. The van der Waals surface area contributed by atoms with Crippen molar-refractivity contribution < 1.29 is 9.59 Å². The van der Waals surface area contributed by atoms with Crippen molar-refractivity contribution in [2.24, 2.45) is 0 Å². The molecule has 0 radical (unpaired) electrons. The fourth-order valence-electron chi connectivity index (χ4n) is 3.83. The molecule has 2 heterocycles. The van der Waals surface area contributed by atoms with Crippen molar-refractivity contribution in [1.29, 1.82) is 0 Å². The molecule has 0 bridgehead atoms. The van der Waals surface area contributed by atoms with Crippen LogP contribution in [0.1, 0.15) is 57.2 Å². The van der Waals surface area contributed by atoms with Gasteiger partial charge in [-0.25, -0.2) is 9.48 Å². The van der Waals surface area contributed by atoms with Gasteiger partial charge in [0, 0.05) is 26.2 Å². The Labute approximate surface area is 172 Å². The molecule has 2 atom stereocenters. The fraction of sp³-hybridized carbons (Fsp3) is 0.778. The first-order chi connectivity index (χ1) is 13.1. The lowest BCUT2D eigenvalue weighted by Crippen LogP contribution is -2.43. The highest BCUT2D eigenvalue weighted by Gasteiger charge is 2.31. The SMILES string of the molecule is CCNC(=O)[C@@H]1C[C@H](n2cc(CN(C)C(=O)NC3CCCCC3)nn2)CN1.Cl. The molecular weight excluding hydrogens is 382 g/mol. The van der Waals surface area contributed by atoms with Crippen LogP contribution in [0.15, 0.2) is 6.20 Å². The van der Waals surface area contributed by atoms with Crippen LogP contribution in [0, 0.1) is 0 Å². The molecule has 1 aliphatic heterocycles. The number of nitrogens with one attached hydrogen (secondary N) is 3. The summed E-state index contributed by atoms with van der Waals surface area (Å²) in [6.45, 7) is 3.64. The van der Waals surface area contributed by atoms with Crippen molar-refractivity contribution in [3.05, 3.63) is 11.9 Å². The van der Waals surface area contributed by atoms with Gasteiger partial charge in [-0.2, -0.15) is 0 Å². The zero-order chi connectivity index (χ0) is 19.2. The summed E-state index contributed by atoms with van der Waals surface area (Å²) in [5.74, 6) is 0.0273. The van der Waals surface area contributed by atoms with Crippen LogP contribution in [0.2, 0.25) is 0 Å². The summed E-state index contributed by atoms with van der Waals surface area (Å²) in [5, 5.41) is 17.6. The molecule has 3 amide bonds. The third-order valence-electron chi connectivity index (χ3n) is 5.39. The van der Waals surface area contributed by atoms with Gasteiger partial charge < -0.3 is 20.9 Å². The molecule has 9 nitrogen and oxygen atoms in total. The van der Waals surface area contributed by atoms with E-state index in [0.29, 0.717) is 32.1 Å². The Bertz CT molecular complexity index is 648. The van der Waals surface area contributed by atoms with Crippen LogP contribution >= 0.6 is 12.4 Å². The van der Waals surface area contributed by atoms with Gasteiger partial charge in [-0.3, -0.25) is 4.79 Å². The van der Waals surface area contributed by atoms with E-state index in [9.17, 15) is 9.59 Å². The Morgan fingerprint density at radius 1 is 1.32 bits per heavy atom. The van der Waals surface area contributed by atoms with E-state index in [2.05, 4.69) is 26.3 Å². The number of carbonyl (C=O) groups is 2. The topological polar surface area (TPSA) is 104 Å². The predicted octanol–water partition coefficient (Wildman–Crippen LogP) is 1.21. The van der Waals surface area contributed by atoms with Gasteiger partial charge in [0.15, 0.2) is 0 Å². The summed E-state index contributed by atoms with van der Waals surface area (Å²) in [4.78, 5) is 26.0. The molecule has 1 aromatic heterocycles. The van der Waals surface area contributed by atoms with Crippen LogP contribution in [0.25, 0.3) is 0 Å². The van der Waals surface area contributed by atoms with E-state index in [1.165, 1.54) is 19.3 Å². The van der Waals surface area contributed by atoms with Gasteiger partial charge in [-0.15, -0.1) is 17.5 Å². The number of aromatic nitrogens is 3. The molecule has 1 aromatic rings. The first-order valence-electron chi connectivity index (χ1n) is 10.00. The van der Waals surface area contributed by atoms with Gasteiger partial charge in [0.1, 0.15) is 5.69 Å². The number of urea groups is 1. The van der Waals surface area contributed by atoms with E-state index in [1.807, 2.05) is 13.1 Å². The average molecular weight is 414 g/mol. The first kappa shape index (κ1) is 22.4. The second kappa shape index (κ2) is 10.6. The second-order valence-electron chi connectivity index (χ2n) is 7.58. The number of hydrogen-bond donors (Lipinski definition) is 3. The van der Waals surface area contributed by atoms with Crippen LogP contribution in [-0.4, -0.2) is 64.1 Å². The molecular formula is C18H32ClN7O2. The Balaban J connectivity index is 0.00000280. The van der Waals surface area contributed by atoms with E-state index >= 15 is 0 Å². The summed E-state index contributed by atoms with van der Waals surface area (Å²) in [6, 6.07) is 0.141. The third-order valence-corrected chi connectivity index (χ3v) is 5.39. The monoisotopic (exact) mass is 413 g/mol. The molecule has 1 saturated heterocycles. The molecule has 2 aliphatic rings. The Hall–Kier alpha value is -1.87. The maximum atomic E-state index is 12.4. The quantitative estimate of drug-likeness (QED) is 0.650. The van der Waals surface area contributed by atoms with Gasteiger partial charge in [0.05, 0.1) is 24.8 Å². The Kier molecular flexibility index (Phi) is 8.50. The Morgan fingerprint density at radius 2 is 2.07 bits per heavy atom. The largest absolute Gasteiger partial charge is 0.355 e. The highest BCUT2D eigenvalue weighted by Crippen LogP contribution is 2.20. The number of carbonyl (C=O) groups excluding carboxylic acids is 2. The van der Waals surface area contributed by atoms with Crippen molar-refractivity contribution in [2.45, 2.75) is 70.1 Å². The van der Waals surface area contributed by atoms with Crippen molar-refractivity contribution >= 4 is 24.3 Å². The number of nitrogens with zero attached hydrogens (tertiary/aromatic N) is 4. The van der Waals surface area contributed by atoms with Crippen LogP contribution in [0.5, 0.6) is 0 Å². The lowest BCUT2D eigenvalue weighted by Gasteiger charge is -2.25. The summed E-state index contributed by atoms with van der Waals surface area (Å²) in [5.41, 5.74) is 0.748. The first-order valence-corrected chi connectivity index (χ1v) is 10.00. The number of amides is 3. The highest BCUT2D eigenvalue weighted by atomic mass is 35.5. The van der Waals surface area contributed by atoms with Gasteiger partial charge in [-0.1, -0.05) is 24.5 Å². The normalized spacial score (nSPS) is 22.4. The molecule has 0 unspecified atom stereocenters. The summed E-state index contributed by atoms with van der Waals surface area (Å²) < 4.78 is 1.80. The van der Waals surface area contributed by atoms with Crippen LogP contribution < -0.4 is 16.0 Å². The van der Waals surface area contributed by atoms with E-state index in [0.717, 1.165) is 18.5 Å². The van der Waals surface area contributed by atoms with E-state index in [4.69, 9.17) is 0 Å². The molecule has 10 heteroatoms. The van der Waals surface area contributed by atoms with E-state index in [-0.39, 0.29) is 36.4 Å². The van der Waals surface area contributed by atoms with Crippen LogP contribution in [0.4, 0.5) is 4.79 Å². The van der Waals surface area contributed by atoms with Crippen molar-refractivity contribution in [2.75, 3.05) is 20.1 Å². The van der Waals surface area contributed by atoms with Crippen molar-refractivity contribution in [1.82, 2.24) is 35.8 Å². The van der Waals surface area contributed by atoms with Gasteiger partial charge in [0.25, 0.3) is 0 Å². The second-order valence-corrected chi connectivity index (χ2v) is 7.58. The molecule has 2 fully saturated rings. The molecule has 1 aliphatic carbocycles. The smallest absolute Gasteiger partial charge is 0.317 e. The molecule has 0 aromatic carbocycles. The fourth-order valence-corrected chi connectivity index (χ4v) is 3.83. The molecule has 1 saturated carbocycles. The minimum absolute atomic E-state index is 0. The zero-order valence-electron chi connectivity index (χ0n) is 16.7. The minimum atomic E-state index is -0.188. The lowest BCUT2D eigenvalue weighted by molar-refractivity contribution is -0.122. The van der Waals surface area contributed by atoms with Crippen molar-refractivity contribution in [3.8, 4) is 0 Å². The predicted molar refractivity (Wildman–Crippen MR) is 108 cm³/mol. The molecule has 3 N–H and O–H groups in total. The summed E-state index contributed by atoms with van der Waals surface area (Å²) >= 11 is 0. The maximum Gasteiger partial charge on any atom is 0.317 e. The molecule has 158 valence electrons. The summed E-state index contributed by atoms with van der Waals surface area (Å²) in [7, 11) is 1.78. The van der Waals surface area contributed by atoms with E-state index in [1.54, 1.807) is 16.6 Å². The lowest BCUT2D eigenvalue weighted by atomic mass is 9.96. The molecule has 3 rings (SSSR count). The van der Waals surface area contributed by atoms with Crippen molar-refractivity contribution in [3.63, 3.8) is 0 Å². The van der Waals surface area contributed by atoms with Crippen LogP contribution in [-0.2, 0) is 11.3 Å². The molecule has 0 spiro atoms. The van der Waals surface area contributed by atoms with Crippen LogP contribution in [0.3, 0.4) is 0 Å². The standard InChI is InChI=1S/C18H31N7O2.ClH/c1-3-19-17(26)16-9-15(10-20-16)25-12-14(22-23-25)11-24(2)18(27)21-13-7-5-4-6-8-13;/h12-13,15-16,20H,3-11H2,1-2H3,(H,19,26)(H,21,27);1H/t15-,16-;/m0./s1. The number of rotatable bonds is 6. The summed E-state index contributed by atoms with van der Waals surface area (Å²) in [6.07, 6.45) is 8.34. The minimum Gasteiger partial charge on any atom is -0.355 e.